The van der Waals surface area contributed by atoms with E-state index in [1.165, 1.54) is 16.9 Å². The van der Waals surface area contributed by atoms with Gasteiger partial charge in [-0.1, -0.05) is 77.5 Å². The van der Waals surface area contributed by atoms with E-state index in [0.717, 1.165) is 82.3 Å². The van der Waals surface area contributed by atoms with Crippen LogP contribution in [0.3, 0.4) is 0 Å². The molecule has 0 heterocycles. The molecule has 0 aliphatic heterocycles. The zero-order valence-corrected chi connectivity index (χ0v) is 25.0. The number of ketones is 1. The molecule has 208 valence electrons. The number of nitrogens with zero attached hydrogens (tertiary/aromatic N) is 2. The Balaban J connectivity index is 2.04. The second-order valence-electron chi connectivity index (χ2n) is 10.5. The van der Waals surface area contributed by atoms with Crippen molar-refractivity contribution in [2.24, 2.45) is 5.92 Å². The van der Waals surface area contributed by atoms with E-state index in [9.17, 15) is 4.79 Å². The first-order valence-corrected chi connectivity index (χ1v) is 15.1. The quantitative estimate of drug-likeness (QED) is 0.184. The van der Waals surface area contributed by atoms with E-state index in [0.29, 0.717) is 0 Å². The monoisotopic (exact) mass is 516 g/mol. The van der Waals surface area contributed by atoms with Gasteiger partial charge in [-0.2, -0.15) is 0 Å². The molecular weight excluding hydrogens is 464 g/mol. The van der Waals surface area contributed by atoms with Crippen molar-refractivity contribution in [3.8, 4) is 0 Å². The minimum Gasteiger partial charge on any atom is -0.372 e. The van der Waals surface area contributed by atoms with Crippen LogP contribution in [0.25, 0.3) is 12.2 Å². The van der Waals surface area contributed by atoms with Gasteiger partial charge in [-0.3, -0.25) is 4.79 Å². The summed E-state index contributed by atoms with van der Waals surface area (Å²) in [4.78, 5) is 18.2. The summed E-state index contributed by atoms with van der Waals surface area (Å²) in [5.74, 6) is 0.296. The molecule has 0 saturated carbocycles. The molecule has 0 radical (unpaired) electrons. The van der Waals surface area contributed by atoms with E-state index in [1.54, 1.807) is 0 Å². The van der Waals surface area contributed by atoms with E-state index in [-0.39, 0.29) is 11.7 Å². The van der Waals surface area contributed by atoms with Crippen molar-refractivity contribution in [3.05, 3.63) is 71.3 Å². The van der Waals surface area contributed by atoms with Crippen molar-refractivity contribution in [1.82, 2.24) is 0 Å². The van der Waals surface area contributed by atoms with Crippen LogP contribution >= 0.6 is 0 Å². The predicted octanol–water partition coefficient (Wildman–Crippen LogP) is 9.43. The lowest BCUT2D eigenvalue weighted by Gasteiger charge is -2.23. The third-order valence-corrected chi connectivity index (χ3v) is 7.00. The van der Waals surface area contributed by atoms with Gasteiger partial charge in [-0.15, -0.1) is 0 Å². The molecule has 2 aromatic rings. The second kappa shape index (κ2) is 17.7. The fourth-order valence-electron chi connectivity index (χ4n) is 5.11. The number of carbonyl (C=O) groups excluding carboxylic acids is 1. The maximum absolute atomic E-state index is 13.4. The van der Waals surface area contributed by atoms with Gasteiger partial charge in [0.2, 0.25) is 0 Å². The first-order valence-electron chi connectivity index (χ1n) is 15.1. The average molecular weight is 517 g/mol. The van der Waals surface area contributed by atoms with Crippen molar-refractivity contribution in [1.29, 1.82) is 0 Å². The molecule has 0 amide bonds. The standard InChI is InChI=1S/C35H52N2O/c1-7-13-32(15-12-14-30-16-20-33(21-17-30)36(24-8-2)25-9-3)35(38)29(6)28-31-18-22-34(23-19-31)37(26-10-4)27-11-5/h12,14,16-23,28,32H,7-11,13,15,24-27H2,1-6H3. The lowest BCUT2D eigenvalue weighted by atomic mass is 9.90. The Morgan fingerprint density at radius 2 is 1.13 bits per heavy atom. The van der Waals surface area contributed by atoms with Gasteiger partial charge >= 0.3 is 0 Å². The van der Waals surface area contributed by atoms with Gasteiger partial charge in [0, 0.05) is 43.5 Å². The fourth-order valence-corrected chi connectivity index (χ4v) is 5.11. The maximum atomic E-state index is 13.4. The Morgan fingerprint density at radius 1 is 0.684 bits per heavy atom. The summed E-state index contributed by atoms with van der Waals surface area (Å²) in [6, 6.07) is 17.5. The van der Waals surface area contributed by atoms with Crippen LogP contribution in [0.1, 0.15) is 97.6 Å². The van der Waals surface area contributed by atoms with Crippen LogP contribution in [-0.4, -0.2) is 32.0 Å². The number of rotatable bonds is 18. The van der Waals surface area contributed by atoms with Gasteiger partial charge in [-0.05, 0) is 92.5 Å². The highest BCUT2D eigenvalue weighted by Gasteiger charge is 2.18. The van der Waals surface area contributed by atoms with Crippen molar-refractivity contribution < 1.29 is 4.79 Å². The van der Waals surface area contributed by atoms with Crippen LogP contribution in [0, 0.1) is 5.92 Å². The van der Waals surface area contributed by atoms with Crippen LogP contribution in [0.4, 0.5) is 11.4 Å². The molecule has 2 aromatic carbocycles. The third kappa shape index (κ3) is 10.2. The largest absolute Gasteiger partial charge is 0.372 e. The number of hydrogen-bond acceptors (Lipinski definition) is 3. The number of carbonyl (C=O) groups is 1. The topological polar surface area (TPSA) is 23.6 Å². The molecule has 3 nitrogen and oxygen atoms in total. The summed E-state index contributed by atoms with van der Waals surface area (Å²) in [6.07, 6.45) is 13.7. The van der Waals surface area contributed by atoms with Crippen LogP contribution in [0.5, 0.6) is 0 Å². The van der Waals surface area contributed by atoms with Crippen LogP contribution < -0.4 is 9.80 Å². The molecule has 0 aromatic heterocycles. The zero-order chi connectivity index (χ0) is 27.8. The van der Waals surface area contributed by atoms with Gasteiger partial charge in [-0.25, -0.2) is 0 Å². The maximum Gasteiger partial charge on any atom is 0.161 e. The molecular formula is C35H52N2O. The van der Waals surface area contributed by atoms with E-state index < -0.39 is 0 Å². The second-order valence-corrected chi connectivity index (χ2v) is 10.5. The number of allylic oxidation sites excluding steroid dienone is 2. The SMILES string of the molecule is CCCC(CC=Cc1ccc(N(CCC)CCC)cc1)C(=O)C(C)=Cc1ccc(N(CCC)CCC)cc1. The van der Waals surface area contributed by atoms with Gasteiger partial charge in [0.25, 0.3) is 0 Å². The molecule has 3 heteroatoms. The molecule has 0 N–H and O–H groups in total. The predicted molar refractivity (Wildman–Crippen MR) is 169 cm³/mol. The average Bonchev–Trinajstić information content (AvgIpc) is 2.93. The summed E-state index contributed by atoms with van der Waals surface area (Å²) in [5.41, 5.74) is 5.69. The number of Topliss-reactive ketones (excluding diaryl/α,β-unsaturated/α-hetero) is 1. The lowest BCUT2D eigenvalue weighted by molar-refractivity contribution is -0.119. The molecule has 0 saturated heterocycles. The zero-order valence-electron chi connectivity index (χ0n) is 25.0. The van der Waals surface area contributed by atoms with E-state index >= 15 is 0 Å². The molecule has 0 aliphatic carbocycles. The highest BCUT2D eigenvalue weighted by Crippen LogP contribution is 2.23. The van der Waals surface area contributed by atoms with Gasteiger partial charge < -0.3 is 9.80 Å². The van der Waals surface area contributed by atoms with E-state index in [1.807, 2.05) is 6.92 Å². The summed E-state index contributed by atoms with van der Waals surface area (Å²) in [6.45, 7) is 17.4. The smallest absolute Gasteiger partial charge is 0.161 e. The molecule has 2 rings (SSSR count). The van der Waals surface area contributed by atoms with E-state index in [4.69, 9.17) is 0 Å². The summed E-state index contributed by atoms with van der Waals surface area (Å²) in [7, 11) is 0. The van der Waals surface area contributed by atoms with E-state index in [2.05, 4.69) is 111 Å². The Bertz CT molecular complexity index is 976. The Labute approximate surface area is 233 Å². The van der Waals surface area contributed by atoms with Crippen molar-refractivity contribution in [2.45, 2.75) is 86.5 Å². The van der Waals surface area contributed by atoms with Crippen molar-refractivity contribution in [3.63, 3.8) is 0 Å². The summed E-state index contributed by atoms with van der Waals surface area (Å²) in [5, 5.41) is 0. The number of benzene rings is 2. The summed E-state index contributed by atoms with van der Waals surface area (Å²) < 4.78 is 0. The van der Waals surface area contributed by atoms with Crippen molar-refractivity contribution >= 4 is 29.3 Å². The highest BCUT2D eigenvalue weighted by atomic mass is 16.1. The normalized spacial score (nSPS) is 12.6. The molecule has 1 unspecified atom stereocenters. The first kappa shape index (κ1) is 31.4. The van der Waals surface area contributed by atoms with Crippen LogP contribution in [0.2, 0.25) is 0 Å². The number of anilines is 2. The first-order chi connectivity index (χ1) is 18.5. The molecule has 0 spiro atoms. The fraction of sp³-hybridized carbons (Fsp3) is 0.514. The minimum absolute atomic E-state index is 0.0280. The molecule has 0 bridgehead atoms. The van der Waals surface area contributed by atoms with Crippen LogP contribution in [0.15, 0.2) is 60.2 Å². The Hall–Kier alpha value is -2.81. The Morgan fingerprint density at radius 3 is 1.55 bits per heavy atom. The molecule has 0 aliphatic rings. The van der Waals surface area contributed by atoms with Gasteiger partial charge in [0.15, 0.2) is 5.78 Å². The van der Waals surface area contributed by atoms with Crippen LogP contribution in [-0.2, 0) is 4.79 Å². The summed E-state index contributed by atoms with van der Waals surface area (Å²) >= 11 is 0. The lowest BCUT2D eigenvalue weighted by Crippen LogP contribution is -2.24. The molecule has 38 heavy (non-hydrogen) atoms. The molecule has 0 fully saturated rings. The Kier molecular flexibility index (Phi) is 14.6. The third-order valence-electron chi connectivity index (χ3n) is 7.00. The number of hydrogen-bond donors (Lipinski definition) is 0. The minimum atomic E-state index is 0.0280. The highest BCUT2D eigenvalue weighted by molar-refractivity contribution is 6.00. The van der Waals surface area contributed by atoms with Crippen molar-refractivity contribution in [2.75, 3.05) is 36.0 Å². The van der Waals surface area contributed by atoms with Gasteiger partial charge in [0.05, 0.1) is 0 Å². The van der Waals surface area contributed by atoms with Gasteiger partial charge in [0.1, 0.15) is 0 Å². The molecule has 1 atom stereocenters.